The summed E-state index contributed by atoms with van der Waals surface area (Å²) in [7, 11) is -2.77. The summed E-state index contributed by atoms with van der Waals surface area (Å²) in [6.45, 7) is 6.05. The molecule has 1 N–H and O–H groups in total. The van der Waals surface area contributed by atoms with Gasteiger partial charge in [-0.25, -0.2) is 8.42 Å². The van der Waals surface area contributed by atoms with Crippen molar-refractivity contribution >= 4 is 27.8 Å². The largest absolute Gasteiger partial charge is 0.493 e. The van der Waals surface area contributed by atoms with Gasteiger partial charge in [-0.2, -0.15) is 4.31 Å². The Morgan fingerprint density at radius 1 is 1.03 bits per heavy atom. The van der Waals surface area contributed by atoms with Crippen molar-refractivity contribution in [2.75, 3.05) is 33.4 Å². The lowest BCUT2D eigenvalue weighted by Crippen LogP contribution is -2.61. The quantitative estimate of drug-likeness (QED) is 0.455. The van der Waals surface area contributed by atoms with E-state index in [9.17, 15) is 22.8 Å². The van der Waals surface area contributed by atoms with Gasteiger partial charge in [-0.05, 0) is 41.3 Å². The second kappa shape index (κ2) is 12.9. The Bertz CT molecular complexity index is 1230. The van der Waals surface area contributed by atoms with Crippen molar-refractivity contribution in [3.8, 4) is 5.75 Å². The van der Waals surface area contributed by atoms with Crippen LogP contribution in [0.1, 0.15) is 44.2 Å². The zero-order valence-electron chi connectivity index (χ0n) is 22.2. The van der Waals surface area contributed by atoms with Gasteiger partial charge in [0.05, 0.1) is 25.0 Å². The maximum atomic E-state index is 13.5. The molecule has 3 rings (SSSR count). The number of ether oxygens (including phenoxy) is 2. The standard InChI is InChI=1S/C27H35N3O7S/c1-19(2)22-7-5-21(6-8-22)17-28-27(33)25-18-29(20(3)31)14-15-30(25)38(34,35)24-11-9-23(10-12-24)37-16-13-26(32)36-4/h5-12,19,25H,13-18H2,1-4H3,(H,28,33)/t25-/m1/s1. The first-order valence-electron chi connectivity index (χ1n) is 12.5. The molecule has 2 amide bonds. The number of amides is 2. The van der Waals surface area contributed by atoms with Crippen LogP contribution in [0.3, 0.4) is 0 Å². The molecule has 11 heteroatoms. The van der Waals surface area contributed by atoms with Crippen molar-refractivity contribution < 1.29 is 32.3 Å². The van der Waals surface area contributed by atoms with Crippen molar-refractivity contribution in [2.45, 2.75) is 50.6 Å². The molecule has 0 unspecified atom stereocenters. The molecule has 2 aromatic rings. The number of nitrogens with one attached hydrogen (secondary N) is 1. The third kappa shape index (κ3) is 7.32. The Labute approximate surface area is 223 Å². The molecule has 1 fully saturated rings. The predicted molar refractivity (Wildman–Crippen MR) is 141 cm³/mol. The van der Waals surface area contributed by atoms with Crippen LogP contribution in [0.2, 0.25) is 0 Å². The molecule has 38 heavy (non-hydrogen) atoms. The lowest BCUT2D eigenvalue weighted by atomic mass is 10.0. The Morgan fingerprint density at radius 2 is 1.68 bits per heavy atom. The minimum atomic E-state index is -4.05. The first-order chi connectivity index (χ1) is 18.0. The number of nitrogens with zero attached hydrogens (tertiary/aromatic N) is 2. The molecule has 206 valence electrons. The Hall–Kier alpha value is -3.44. The average Bonchev–Trinajstić information content (AvgIpc) is 2.91. The van der Waals surface area contributed by atoms with Crippen LogP contribution in [0.15, 0.2) is 53.4 Å². The monoisotopic (exact) mass is 545 g/mol. The Balaban J connectivity index is 1.74. The van der Waals surface area contributed by atoms with Gasteiger partial charge < -0.3 is 19.7 Å². The molecule has 10 nitrogen and oxygen atoms in total. The van der Waals surface area contributed by atoms with Crippen LogP contribution in [0.5, 0.6) is 5.75 Å². The van der Waals surface area contributed by atoms with E-state index in [-0.39, 0.29) is 50.0 Å². The number of hydrogen-bond acceptors (Lipinski definition) is 7. The van der Waals surface area contributed by atoms with E-state index >= 15 is 0 Å². The molecule has 1 aliphatic rings. The lowest BCUT2D eigenvalue weighted by molar-refractivity contribution is -0.141. The topological polar surface area (TPSA) is 122 Å². The highest BCUT2D eigenvalue weighted by Crippen LogP contribution is 2.24. The summed E-state index contributed by atoms with van der Waals surface area (Å²) in [5.41, 5.74) is 2.07. The second-order valence-corrected chi connectivity index (χ2v) is 11.2. The molecule has 0 bridgehead atoms. The minimum absolute atomic E-state index is 0.00355. The van der Waals surface area contributed by atoms with Crippen molar-refractivity contribution in [3.05, 3.63) is 59.7 Å². The summed E-state index contributed by atoms with van der Waals surface area (Å²) in [4.78, 5) is 38.0. The van der Waals surface area contributed by atoms with Gasteiger partial charge in [0.25, 0.3) is 0 Å². The average molecular weight is 546 g/mol. The first kappa shape index (κ1) is 29.1. The van der Waals surface area contributed by atoms with Crippen molar-refractivity contribution in [3.63, 3.8) is 0 Å². The van der Waals surface area contributed by atoms with Crippen LogP contribution in [0.25, 0.3) is 0 Å². The summed E-state index contributed by atoms with van der Waals surface area (Å²) in [6, 6.07) is 12.6. The molecule has 1 heterocycles. The van der Waals surface area contributed by atoms with Crippen LogP contribution in [0, 0.1) is 0 Å². The number of rotatable bonds is 10. The number of esters is 1. The van der Waals surface area contributed by atoms with Crippen molar-refractivity contribution in [2.24, 2.45) is 0 Å². The fraction of sp³-hybridized carbons (Fsp3) is 0.444. The molecular formula is C27H35N3O7S. The summed E-state index contributed by atoms with van der Waals surface area (Å²) in [6.07, 6.45) is 0.0651. The molecule has 1 aliphatic heterocycles. The van der Waals surface area contributed by atoms with Crippen LogP contribution < -0.4 is 10.1 Å². The van der Waals surface area contributed by atoms with Crippen molar-refractivity contribution in [1.29, 1.82) is 0 Å². The number of sulfonamides is 1. The highest BCUT2D eigenvalue weighted by Gasteiger charge is 2.40. The van der Waals surface area contributed by atoms with Gasteiger partial charge in [0.1, 0.15) is 11.8 Å². The third-order valence-corrected chi connectivity index (χ3v) is 8.35. The highest BCUT2D eigenvalue weighted by atomic mass is 32.2. The lowest BCUT2D eigenvalue weighted by Gasteiger charge is -2.39. The van der Waals surface area contributed by atoms with Gasteiger partial charge in [-0.1, -0.05) is 38.1 Å². The highest BCUT2D eigenvalue weighted by molar-refractivity contribution is 7.89. The normalized spacial score (nSPS) is 16.2. The zero-order chi connectivity index (χ0) is 27.9. The van der Waals surface area contributed by atoms with E-state index < -0.39 is 27.9 Å². The third-order valence-electron chi connectivity index (χ3n) is 6.43. The van der Waals surface area contributed by atoms with Gasteiger partial charge in [-0.3, -0.25) is 14.4 Å². The van der Waals surface area contributed by atoms with E-state index in [0.29, 0.717) is 11.7 Å². The van der Waals surface area contributed by atoms with E-state index in [1.807, 2.05) is 24.3 Å². The van der Waals surface area contributed by atoms with E-state index in [1.54, 1.807) is 0 Å². The second-order valence-electron chi connectivity index (χ2n) is 9.36. The fourth-order valence-corrected chi connectivity index (χ4v) is 5.65. The zero-order valence-corrected chi connectivity index (χ0v) is 23.0. The van der Waals surface area contributed by atoms with E-state index in [1.165, 1.54) is 48.8 Å². The van der Waals surface area contributed by atoms with E-state index in [4.69, 9.17) is 4.74 Å². The molecule has 0 aliphatic carbocycles. The van der Waals surface area contributed by atoms with Crippen LogP contribution >= 0.6 is 0 Å². The van der Waals surface area contributed by atoms with Gasteiger partial charge in [0.15, 0.2) is 0 Å². The molecule has 1 saturated heterocycles. The Kier molecular flexibility index (Phi) is 9.87. The van der Waals surface area contributed by atoms with Crippen LogP contribution in [0.4, 0.5) is 0 Å². The molecule has 0 spiro atoms. The van der Waals surface area contributed by atoms with Gasteiger partial charge in [0, 0.05) is 33.1 Å². The van der Waals surface area contributed by atoms with E-state index in [0.717, 1.165) is 9.87 Å². The molecule has 0 radical (unpaired) electrons. The fourth-order valence-electron chi connectivity index (χ4n) is 4.08. The smallest absolute Gasteiger partial charge is 0.308 e. The number of hydrogen-bond donors (Lipinski definition) is 1. The number of benzene rings is 2. The summed E-state index contributed by atoms with van der Waals surface area (Å²) in [5.74, 6) is -0.330. The van der Waals surface area contributed by atoms with Crippen molar-refractivity contribution in [1.82, 2.24) is 14.5 Å². The predicted octanol–water partition coefficient (Wildman–Crippen LogP) is 2.29. The molecule has 2 aromatic carbocycles. The SMILES string of the molecule is COC(=O)CCOc1ccc(S(=O)(=O)N2CCN(C(C)=O)C[C@@H]2C(=O)NCc2ccc(C(C)C)cc2)cc1. The van der Waals surface area contributed by atoms with Gasteiger partial charge in [-0.15, -0.1) is 0 Å². The van der Waals surface area contributed by atoms with Gasteiger partial charge >= 0.3 is 5.97 Å². The number of piperazine rings is 1. The van der Waals surface area contributed by atoms with Gasteiger partial charge in [0.2, 0.25) is 21.8 Å². The summed E-state index contributed by atoms with van der Waals surface area (Å²) >= 11 is 0. The van der Waals surface area contributed by atoms with Crippen LogP contribution in [-0.4, -0.2) is 74.8 Å². The minimum Gasteiger partial charge on any atom is -0.493 e. The molecule has 0 saturated carbocycles. The maximum Gasteiger partial charge on any atom is 0.308 e. The molecular weight excluding hydrogens is 510 g/mol. The first-order valence-corrected chi connectivity index (χ1v) is 13.9. The van der Waals surface area contributed by atoms with Crippen LogP contribution in [-0.2, 0) is 35.7 Å². The number of methoxy groups -OCH3 is 1. The molecule has 0 aromatic heterocycles. The van der Waals surface area contributed by atoms with E-state index in [2.05, 4.69) is 23.9 Å². The maximum absolute atomic E-state index is 13.5. The summed E-state index contributed by atoms with van der Waals surface area (Å²) in [5, 5.41) is 2.84. The summed E-state index contributed by atoms with van der Waals surface area (Å²) < 4.78 is 38.3. The Morgan fingerprint density at radius 3 is 2.26 bits per heavy atom. The number of carbonyl (C=O) groups is 3. The molecule has 1 atom stereocenters. The number of carbonyl (C=O) groups excluding carboxylic acids is 3.